The number of anilines is 1. The van der Waals surface area contributed by atoms with Gasteiger partial charge in [-0.25, -0.2) is 9.59 Å². The average Bonchev–Trinajstić information content (AvgIpc) is 2.33. The van der Waals surface area contributed by atoms with Crippen LogP contribution in [0.25, 0.3) is 0 Å². The van der Waals surface area contributed by atoms with Crippen LogP contribution in [0, 0.1) is 13.8 Å². The van der Waals surface area contributed by atoms with E-state index in [1.54, 1.807) is 6.92 Å². The van der Waals surface area contributed by atoms with Gasteiger partial charge in [-0.15, -0.1) is 0 Å². The normalized spacial score (nSPS) is 13.5. The Labute approximate surface area is 113 Å². The molecule has 1 aromatic rings. The first-order valence-electron chi connectivity index (χ1n) is 6.19. The molecule has 0 aliphatic carbocycles. The molecule has 104 valence electrons. The van der Waals surface area contributed by atoms with Gasteiger partial charge in [0.15, 0.2) is 0 Å². The summed E-state index contributed by atoms with van der Waals surface area (Å²) in [5, 5.41) is 14.3. The van der Waals surface area contributed by atoms with Crippen molar-refractivity contribution >= 4 is 17.7 Å². The van der Waals surface area contributed by atoms with E-state index >= 15 is 0 Å². The molecule has 0 spiro atoms. The van der Waals surface area contributed by atoms with E-state index in [-0.39, 0.29) is 0 Å². The van der Waals surface area contributed by atoms with Crippen molar-refractivity contribution in [3.05, 3.63) is 29.3 Å². The second kappa shape index (κ2) is 5.73. The molecule has 0 bridgehead atoms. The summed E-state index contributed by atoms with van der Waals surface area (Å²) < 4.78 is 0. The molecule has 0 heterocycles. The van der Waals surface area contributed by atoms with Crippen LogP contribution in [0.3, 0.4) is 0 Å². The smallest absolute Gasteiger partial charge is 0.329 e. The summed E-state index contributed by atoms with van der Waals surface area (Å²) in [4.78, 5) is 23.0. The van der Waals surface area contributed by atoms with Crippen LogP contribution in [-0.4, -0.2) is 22.6 Å². The molecule has 0 aliphatic rings. The number of carbonyl (C=O) groups is 2. The van der Waals surface area contributed by atoms with E-state index in [2.05, 4.69) is 10.6 Å². The van der Waals surface area contributed by atoms with Gasteiger partial charge < -0.3 is 15.7 Å². The van der Waals surface area contributed by atoms with Gasteiger partial charge in [0, 0.05) is 5.69 Å². The molecule has 0 radical (unpaired) electrons. The molecule has 1 unspecified atom stereocenters. The number of nitrogens with one attached hydrogen (secondary N) is 2. The zero-order valence-electron chi connectivity index (χ0n) is 11.7. The lowest BCUT2D eigenvalue weighted by Crippen LogP contribution is -2.53. The van der Waals surface area contributed by atoms with Gasteiger partial charge in [0.25, 0.3) is 0 Å². The summed E-state index contributed by atoms with van der Waals surface area (Å²) in [5.74, 6) is -1.05. The first-order chi connectivity index (χ1) is 8.80. The minimum Gasteiger partial charge on any atom is -0.480 e. The van der Waals surface area contributed by atoms with E-state index < -0.39 is 17.5 Å². The van der Waals surface area contributed by atoms with Crippen LogP contribution in [0.1, 0.15) is 31.4 Å². The van der Waals surface area contributed by atoms with Crippen molar-refractivity contribution in [1.82, 2.24) is 5.32 Å². The molecular formula is C14H20N2O3. The van der Waals surface area contributed by atoms with Crippen LogP contribution in [0.15, 0.2) is 18.2 Å². The Morgan fingerprint density at radius 2 is 1.79 bits per heavy atom. The van der Waals surface area contributed by atoms with Crippen molar-refractivity contribution in [2.45, 2.75) is 39.7 Å². The lowest BCUT2D eigenvalue weighted by Gasteiger charge is -2.25. The quantitative estimate of drug-likeness (QED) is 0.782. The summed E-state index contributed by atoms with van der Waals surface area (Å²) in [5.41, 5.74) is 1.32. The molecule has 5 nitrogen and oxygen atoms in total. The van der Waals surface area contributed by atoms with Gasteiger partial charge in [0.2, 0.25) is 0 Å². The van der Waals surface area contributed by atoms with Crippen molar-refractivity contribution in [3.63, 3.8) is 0 Å². The number of hydrogen-bond donors (Lipinski definition) is 3. The van der Waals surface area contributed by atoms with Crippen molar-refractivity contribution in [2.75, 3.05) is 5.32 Å². The molecular weight excluding hydrogens is 244 g/mol. The van der Waals surface area contributed by atoms with Gasteiger partial charge in [-0.2, -0.15) is 0 Å². The number of rotatable bonds is 4. The van der Waals surface area contributed by atoms with Crippen LogP contribution >= 0.6 is 0 Å². The maximum absolute atomic E-state index is 11.9. The molecule has 5 heteroatoms. The number of amides is 2. The predicted octanol–water partition coefficient (Wildman–Crippen LogP) is 2.68. The zero-order valence-corrected chi connectivity index (χ0v) is 11.7. The van der Waals surface area contributed by atoms with E-state index in [0.717, 1.165) is 11.1 Å². The predicted molar refractivity (Wildman–Crippen MR) is 74.4 cm³/mol. The zero-order chi connectivity index (χ0) is 14.6. The van der Waals surface area contributed by atoms with E-state index in [9.17, 15) is 9.59 Å². The molecule has 3 N–H and O–H groups in total. The number of carboxylic acid groups (broad SMARTS) is 1. The maximum atomic E-state index is 11.9. The number of benzene rings is 1. The van der Waals surface area contributed by atoms with E-state index in [1.165, 1.54) is 6.92 Å². The summed E-state index contributed by atoms with van der Waals surface area (Å²) in [6, 6.07) is 5.17. The van der Waals surface area contributed by atoms with Gasteiger partial charge in [-0.3, -0.25) is 0 Å². The Balaban J connectivity index is 2.84. The van der Waals surface area contributed by atoms with Crippen LogP contribution in [-0.2, 0) is 4.79 Å². The lowest BCUT2D eigenvalue weighted by atomic mass is 10.00. The fourth-order valence-corrected chi connectivity index (χ4v) is 1.70. The molecule has 0 fully saturated rings. The number of aliphatic carboxylic acids is 1. The minimum absolute atomic E-state index is 0.308. The number of aryl methyl sites for hydroxylation is 2. The summed E-state index contributed by atoms with van der Waals surface area (Å²) in [7, 11) is 0. The van der Waals surface area contributed by atoms with Crippen molar-refractivity contribution < 1.29 is 14.7 Å². The Kier molecular flexibility index (Phi) is 4.53. The molecule has 0 saturated carbocycles. The summed E-state index contributed by atoms with van der Waals surface area (Å²) in [6.45, 7) is 6.98. The van der Waals surface area contributed by atoms with Gasteiger partial charge in [0.05, 0.1) is 0 Å². The molecule has 1 atom stereocenters. The Morgan fingerprint density at radius 1 is 1.26 bits per heavy atom. The van der Waals surface area contributed by atoms with E-state index in [1.807, 2.05) is 32.0 Å². The second-order valence-corrected chi connectivity index (χ2v) is 4.84. The Bertz CT molecular complexity index is 479. The summed E-state index contributed by atoms with van der Waals surface area (Å²) >= 11 is 0. The fourth-order valence-electron chi connectivity index (χ4n) is 1.70. The Hall–Kier alpha value is -2.04. The van der Waals surface area contributed by atoms with Crippen molar-refractivity contribution in [2.24, 2.45) is 0 Å². The Morgan fingerprint density at radius 3 is 2.21 bits per heavy atom. The van der Waals surface area contributed by atoms with Gasteiger partial charge >= 0.3 is 12.0 Å². The number of carbonyl (C=O) groups excluding carboxylic acids is 1. The number of hydrogen-bond acceptors (Lipinski definition) is 2. The first kappa shape index (κ1) is 15.0. The molecule has 1 rings (SSSR count). The van der Waals surface area contributed by atoms with Crippen LogP contribution < -0.4 is 10.6 Å². The monoisotopic (exact) mass is 264 g/mol. The standard InChI is InChI=1S/C14H20N2O3/c1-5-14(4,12(17)18)16-13(19)15-11-9(2)7-6-8-10(11)3/h6-8H,5H2,1-4H3,(H,17,18)(H2,15,16,19). The SMILES string of the molecule is CCC(C)(NC(=O)Nc1c(C)cccc1C)C(=O)O. The van der Waals surface area contributed by atoms with Gasteiger partial charge in [-0.1, -0.05) is 25.1 Å². The number of urea groups is 1. The highest BCUT2D eigenvalue weighted by Gasteiger charge is 2.32. The third kappa shape index (κ3) is 3.47. The third-order valence-electron chi connectivity index (χ3n) is 3.29. The van der Waals surface area contributed by atoms with Crippen molar-refractivity contribution in [3.8, 4) is 0 Å². The molecule has 1 aromatic carbocycles. The largest absolute Gasteiger partial charge is 0.480 e. The molecule has 0 saturated heterocycles. The van der Waals surface area contributed by atoms with Crippen LogP contribution in [0.2, 0.25) is 0 Å². The minimum atomic E-state index is -1.26. The van der Waals surface area contributed by atoms with Crippen LogP contribution in [0.4, 0.5) is 10.5 Å². The highest BCUT2D eigenvalue weighted by atomic mass is 16.4. The van der Waals surface area contributed by atoms with E-state index in [0.29, 0.717) is 12.1 Å². The topological polar surface area (TPSA) is 78.4 Å². The lowest BCUT2D eigenvalue weighted by molar-refractivity contribution is -0.143. The van der Waals surface area contributed by atoms with E-state index in [4.69, 9.17) is 5.11 Å². The average molecular weight is 264 g/mol. The number of para-hydroxylation sites is 1. The fraction of sp³-hybridized carbons (Fsp3) is 0.429. The van der Waals surface area contributed by atoms with Gasteiger partial charge in [0.1, 0.15) is 5.54 Å². The molecule has 0 aromatic heterocycles. The third-order valence-corrected chi connectivity index (χ3v) is 3.29. The maximum Gasteiger partial charge on any atom is 0.329 e. The molecule has 0 aliphatic heterocycles. The first-order valence-corrected chi connectivity index (χ1v) is 6.19. The highest BCUT2D eigenvalue weighted by Crippen LogP contribution is 2.19. The summed E-state index contributed by atoms with van der Waals surface area (Å²) in [6.07, 6.45) is 0.308. The molecule has 2 amide bonds. The highest BCUT2D eigenvalue weighted by molar-refractivity contribution is 5.94. The van der Waals surface area contributed by atoms with Gasteiger partial charge in [-0.05, 0) is 38.3 Å². The van der Waals surface area contributed by atoms with Crippen molar-refractivity contribution in [1.29, 1.82) is 0 Å². The molecule has 19 heavy (non-hydrogen) atoms. The number of carboxylic acids is 1. The second-order valence-electron chi connectivity index (χ2n) is 4.84. The van der Waals surface area contributed by atoms with Crippen LogP contribution in [0.5, 0.6) is 0 Å².